The van der Waals surface area contributed by atoms with Crippen molar-refractivity contribution in [3.8, 4) is 0 Å². The Balaban J connectivity index is 2.34. The molecule has 184 valence electrons. The number of hydrogen-bond donors (Lipinski definition) is 1. The molecule has 0 aromatic rings. The van der Waals surface area contributed by atoms with Crippen molar-refractivity contribution in [2.45, 2.75) is 167 Å². The molecule has 0 aromatic heterocycles. The van der Waals surface area contributed by atoms with Crippen LogP contribution in [0.2, 0.25) is 0 Å². The SMILES string of the molecule is CCCCCCCCCCC(C)(CCCCCCCCCC)OC(=O)C1CCCCN1. The Morgan fingerprint density at radius 3 is 1.61 bits per heavy atom. The van der Waals surface area contributed by atoms with Gasteiger partial charge in [0.15, 0.2) is 0 Å². The highest BCUT2D eigenvalue weighted by atomic mass is 16.6. The van der Waals surface area contributed by atoms with Crippen LogP contribution in [0.25, 0.3) is 0 Å². The number of piperidine rings is 1. The van der Waals surface area contributed by atoms with Gasteiger partial charge in [0.05, 0.1) is 0 Å². The second-order valence-corrected chi connectivity index (χ2v) is 10.3. The van der Waals surface area contributed by atoms with Crippen molar-refractivity contribution in [3.63, 3.8) is 0 Å². The van der Waals surface area contributed by atoms with Crippen LogP contribution >= 0.6 is 0 Å². The number of unbranched alkanes of at least 4 members (excludes halogenated alkanes) is 14. The Morgan fingerprint density at radius 2 is 1.19 bits per heavy atom. The van der Waals surface area contributed by atoms with E-state index in [9.17, 15) is 4.79 Å². The molecule has 0 spiro atoms. The molecule has 1 unspecified atom stereocenters. The highest BCUT2D eigenvalue weighted by Crippen LogP contribution is 2.28. The van der Waals surface area contributed by atoms with Gasteiger partial charge in [0.25, 0.3) is 0 Å². The van der Waals surface area contributed by atoms with Crippen molar-refractivity contribution in [2.75, 3.05) is 6.54 Å². The maximum Gasteiger partial charge on any atom is 0.323 e. The number of carbonyl (C=O) groups is 1. The molecule has 0 bridgehead atoms. The first-order valence-corrected chi connectivity index (χ1v) is 14.1. The molecule has 31 heavy (non-hydrogen) atoms. The summed E-state index contributed by atoms with van der Waals surface area (Å²) in [5.41, 5.74) is -0.277. The molecule has 0 radical (unpaired) electrons. The fraction of sp³-hybridized carbons (Fsp3) is 0.964. The normalized spacial score (nSPS) is 17.1. The molecule has 1 aliphatic rings. The molecule has 3 nitrogen and oxygen atoms in total. The van der Waals surface area contributed by atoms with E-state index in [4.69, 9.17) is 4.74 Å². The Labute approximate surface area is 194 Å². The lowest BCUT2D eigenvalue weighted by Crippen LogP contribution is -2.45. The van der Waals surface area contributed by atoms with E-state index in [-0.39, 0.29) is 17.6 Å². The van der Waals surface area contributed by atoms with E-state index in [0.29, 0.717) is 0 Å². The molecule has 0 amide bonds. The molecule has 1 N–H and O–H groups in total. The molecule has 3 heteroatoms. The zero-order chi connectivity index (χ0) is 22.6. The van der Waals surface area contributed by atoms with Crippen LogP contribution < -0.4 is 5.32 Å². The van der Waals surface area contributed by atoms with E-state index < -0.39 is 0 Å². The Hall–Kier alpha value is -0.570. The van der Waals surface area contributed by atoms with Crippen molar-refractivity contribution in [1.82, 2.24) is 5.32 Å². The Morgan fingerprint density at radius 1 is 0.742 bits per heavy atom. The smallest absolute Gasteiger partial charge is 0.323 e. The van der Waals surface area contributed by atoms with E-state index in [1.807, 2.05) is 0 Å². The quantitative estimate of drug-likeness (QED) is 0.153. The van der Waals surface area contributed by atoms with Crippen molar-refractivity contribution in [3.05, 3.63) is 0 Å². The molecular weight excluding hydrogens is 382 g/mol. The average Bonchev–Trinajstić information content (AvgIpc) is 2.78. The Kier molecular flexibility index (Phi) is 17.4. The molecule has 1 aliphatic heterocycles. The van der Waals surface area contributed by atoms with Gasteiger partial charge in [-0.25, -0.2) is 0 Å². The number of carbonyl (C=O) groups excluding carboxylic acids is 1. The van der Waals surface area contributed by atoms with Gasteiger partial charge in [0.1, 0.15) is 11.6 Å². The summed E-state index contributed by atoms with van der Waals surface area (Å²) in [6, 6.07) is -0.0785. The van der Waals surface area contributed by atoms with E-state index in [1.165, 1.54) is 109 Å². The summed E-state index contributed by atoms with van der Waals surface area (Å²) in [6.45, 7) is 7.71. The first-order chi connectivity index (χ1) is 15.1. The van der Waals surface area contributed by atoms with Crippen LogP contribution in [-0.4, -0.2) is 24.2 Å². The van der Waals surface area contributed by atoms with E-state index in [1.54, 1.807) is 0 Å². The first kappa shape index (κ1) is 28.5. The largest absolute Gasteiger partial charge is 0.458 e. The van der Waals surface area contributed by atoms with Crippen molar-refractivity contribution in [1.29, 1.82) is 0 Å². The minimum absolute atomic E-state index is 0.00123. The van der Waals surface area contributed by atoms with Gasteiger partial charge >= 0.3 is 5.97 Å². The predicted octanol–water partition coefficient (Wildman–Crippen LogP) is 8.49. The standard InChI is InChI=1S/C28H55NO2/c1-4-6-8-10-12-14-16-19-23-28(3,24-20-17-15-13-11-9-7-5-2)31-27(30)26-22-18-21-25-29-26/h26,29H,4-25H2,1-3H3. The summed E-state index contributed by atoms with van der Waals surface area (Å²) in [4.78, 5) is 12.8. The van der Waals surface area contributed by atoms with Crippen LogP contribution in [0.15, 0.2) is 0 Å². The fourth-order valence-corrected chi connectivity index (χ4v) is 4.86. The van der Waals surface area contributed by atoms with E-state index in [2.05, 4.69) is 26.1 Å². The second-order valence-electron chi connectivity index (χ2n) is 10.3. The molecular formula is C28H55NO2. The fourth-order valence-electron chi connectivity index (χ4n) is 4.86. The second kappa shape index (κ2) is 18.9. The van der Waals surface area contributed by atoms with Crippen LogP contribution in [0.4, 0.5) is 0 Å². The third kappa shape index (κ3) is 15.0. The highest BCUT2D eigenvalue weighted by molar-refractivity contribution is 5.76. The molecule has 1 saturated heterocycles. The third-order valence-corrected chi connectivity index (χ3v) is 7.06. The molecule has 0 aliphatic carbocycles. The molecule has 1 atom stereocenters. The van der Waals surface area contributed by atoms with Crippen LogP contribution in [0.1, 0.15) is 156 Å². The van der Waals surface area contributed by atoms with Crippen LogP contribution in [0.3, 0.4) is 0 Å². The van der Waals surface area contributed by atoms with E-state index >= 15 is 0 Å². The lowest BCUT2D eigenvalue weighted by molar-refractivity contribution is -0.163. The first-order valence-electron chi connectivity index (χ1n) is 14.1. The summed E-state index contributed by atoms with van der Waals surface area (Å²) >= 11 is 0. The van der Waals surface area contributed by atoms with Crippen molar-refractivity contribution >= 4 is 5.97 Å². The topological polar surface area (TPSA) is 38.3 Å². The van der Waals surface area contributed by atoms with E-state index in [0.717, 1.165) is 32.2 Å². The number of hydrogen-bond acceptors (Lipinski definition) is 3. The summed E-state index contributed by atoms with van der Waals surface area (Å²) < 4.78 is 6.20. The predicted molar refractivity (Wildman–Crippen MR) is 135 cm³/mol. The van der Waals surface area contributed by atoms with Gasteiger partial charge in [0, 0.05) is 0 Å². The zero-order valence-electron chi connectivity index (χ0n) is 21.5. The van der Waals surface area contributed by atoms with Crippen molar-refractivity contribution < 1.29 is 9.53 Å². The summed E-state index contributed by atoms with van der Waals surface area (Å²) in [5, 5.41) is 3.37. The highest BCUT2D eigenvalue weighted by Gasteiger charge is 2.32. The monoisotopic (exact) mass is 437 g/mol. The summed E-state index contributed by atoms with van der Waals surface area (Å²) in [6.07, 6.45) is 26.5. The molecule has 0 saturated carbocycles. The Bertz CT molecular complexity index is 397. The third-order valence-electron chi connectivity index (χ3n) is 7.06. The van der Waals surface area contributed by atoms with Gasteiger partial charge in [-0.2, -0.15) is 0 Å². The molecule has 1 rings (SSSR count). The molecule has 1 fully saturated rings. The van der Waals surface area contributed by atoms with Gasteiger partial charge < -0.3 is 10.1 Å². The molecule has 1 heterocycles. The number of nitrogens with one attached hydrogen (secondary N) is 1. The maximum atomic E-state index is 12.8. The van der Waals surface area contributed by atoms with Gasteiger partial charge in [-0.15, -0.1) is 0 Å². The molecule has 0 aromatic carbocycles. The average molecular weight is 438 g/mol. The van der Waals surface area contributed by atoms with Crippen LogP contribution in [0.5, 0.6) is 0 Å². The number of esters is 1. The summed E-state index contributed by atoms with van der Waals surface area (Å²) in [7, 11) is 0. The lowest BCUT2D eigenvalue weighted by atomic mass is 9.90. The van der Waals surface area contributed by atoms with Gasteiger partial charge in [0.2, 0.25) is 0 Å². The van der Waals surface area contributed by atoms with Gasteiger partial charge in [-0.05, 0) is 52.0 Å². The van der Waals surface area contributed by atoms with Crippen LogP contribution in [0, 0.1) is 0 Å². The lowest BCUT2D eigenvalue weighted by Gasteiger charge is -2.33. The summed E-state index contributed by atoms with van der Waals surface area (Å²) in [5.74, 6) is 0.00123. The van der Waals surface area contributed by atoms with Crippen molar-refractivity contribution in [2.24, 2.45) is 0 Å². The zero-order valence-corrected chi connectivity index (χ0v) is 21.5. The van der Waals surface area contributed by atoms with Gasteiger partial charge in [-0.1, -0.05) is 110 Å². The minimum atomic E-state index is -0.277. The minimum Gasteiger partial charge on any atom is -0.458 e. The van der Waals surface area contributed by atoms with Gasteiger partial charge in [-0.3, -0.25) is 4.79 Å². The number of ether oxygens (including phenoxy) is 1. The number of rotatable bonds is 20. The van der Waals surface area contributed by atoms with Crippen LogP contribution in [-0.2, 0) is 9.53 Å². The maximum absolute atomic E-state index is 12.8.